The molecule has 1 aromatic heterocycles. The highest BCUT2D eigenvalue weighted by molar-refractivity contribution is 8.23. The van der Waals surface area contributed by atoms with Crippen molar-refractivity contribution in [1.82, 2.24) is 9.88 Å². The Morgan fingerprint density at radius 2 is 1.74 bits per heavy atom. The summed E-state index contributed by atoms with van der Waals surface area (Å²) < 4.78 is 0.731. The standard InChI is InChI=1S/C16H23N3O2S2/c1-5-10-18(11-6-2)16(22)23-14-8-7-9-17-15(14)19(12(3)20)13(4)21/h7-9H,5-6,10-11H2,1-4H3. The average Bonchev–Trinajstić information content (AvgIpc) is 2.48. The molecule has 126 valence electrons. The van der Waals surface area contributed by atoms with Crippen LogP contribution >= 0.6 is 24.0 Å². The number of carbonyl (C=O) groups is 2. The van der Waals surface area contributed by atoms with Crippen LogP contribution < -0.4 is 4.90 Å². The summed E-state index contributed by atoms with van der Waals surface area (Å²) in [6.45, 7) is 8.70. The normalized spacial score (nSPS) is 10.3. The van der Waals surface area contributed by atoms with Gasteiger partial charge in [-0.3, -0.25) is 9.59 Å². The minimum atomic E-state index is -0.358. The summed E-state index contributed by atoms with van der Waals surface area (Å²) in [5, 5.41) is 0. The fourth-order valence-electron chi connectivity index (χ4n) is 2.14. The molecule has 0 saturated carbocycles. The molecule has 1 aromatic rings. The van der Waals surface area contributed by atoms with Gasteiger partial charge >= 0.3 is 0 Å². The second-order valence-electron chi connectivity index (χ2n) is 5.05. The molecule has 0 bridgehead atoms. The lowest BCUT2D eigenvalue weighted by atomic mass is 10.4. The lowest BCUT2D eigenvalue weighted by Gasteiger charge is -2.25. The third kappa shape index (κ3) is 5.58. The topological polar surface area (TPSA) is 53.5 Å². The van der Waals surface area contributed by atoms with E-state index < -0.39 is 0 Å². The molecule has 0 N–H and O–H groups in total. The van der Waals surface area contributed by atoms with Crippen molar-refractivity contribution in [2.75, 3.05) is 18.0 Å². The molecule has 7 heteroatoms. The van der Waals surface area contributed by atoms with E-state index in [0.717, 1.165) is 35.2 Å². The highest BCUT2D eigenvalue weighted by atomic mass is 32.2. The van der Waals surface area contributed by atoms with Crippen molar-refractivity contribution in [3.63, 3.8) is 0 Å². The molecular weight excluding hydrogens is 330 g/mol. The molecule has 0 spiro atoms. The van der Waals surface area contributed by atoms with Crippen molar-refractivity contribution in [3.05, 3.63) is 18.3 Å². The monoisotopic (exact) mass is 353 g/mol. The predicted molar refractivity (Wildman–Crippen MR) is 98.7 cm³/mol. The number of aromatic nitrogens is 1. The number of thiocarbonyl (C=S) groups is 1. The molecule has 0 aliphatic rings. The maximum atomic E-state index is 11.8. The first-order chi connectivity index (χ1) is 10.9. The van der Waals surface area contributed by atoms with E-state index in [0.29, 0.717) is 10.7 Å². The van der Waals surface area contributed by atoms with Crippen LogP contribution in [0.3, 0.4) is 0 Å². The molecular formula is C16H23N3O2S2. The number of pyridine rings is 1. The predicted octanol–water partition coefficient (Wildman–Crippen LogP) is 3.48. The van der Waals surface area contributed by atoms with Crippen molar-refractivity contribution in [2.45, 2.75) is 45.4 Å². The first-order valence-corrected chi connectivity index (χ1v) is 8.87. The summed E-state index contributed by atoms with van der Waals surface area (Å²) in [6, 6.07) is 3.60. The Bertz CT molecular complexity index is 558. The molecule has 0 radical (unpaired) electrons. The van der Waals surface area contributed by atoms with Crippen LogP contribution in [0.4, 0.5) is 5.82 Å². The second kappa shape index (κ2) is 9.62. The summed E-state index contributed by atoms with van der Waals surface area (Å²) in [6.07, 6.45) is 3.58. The maximum absolute atomic E-state index is 11.8. The Labute approximate surface area is 147 Å². The number of amides is 2. The van der Waals surface area contributed by atoms with E-state index >= 15 is 0 Å². The van der Waals surface area contributed by atoms with Gasteiger partial charge in [0.2, 0.25) is 11.8 Å². The Morgan fingerprint density at radius 1 is 1.17 bits per heavy atom. The van der Waals surface area contributed by atoms with E-state index in [1.807, 2.05) is 6.07 Å². The van der Waals surface area contributed by atoms with Crippen molar-refractivity contribution in [2.24, 2.45) is 0 Å². The number of hydrogen-bond donors (Lipinski definition) is 0. The third-order valence-corrected chi connectivity index (χ3v) is 4.51. The zero-order chi connectivity index (χ0) is 17.4. The number of nitrogens with zero attached hydrogens (tertiary/aromatic N) is 3. The number of carbonyl (C=O) groups excluding carboxylic acids is 2. The third-order valence-electron chi connectivity index (χ3n) is 3.03. The van der Waals surface area contributed by atoms with Gasteiger partial charge in [0, 0.05) is 33.1 Å². The molecule has 0 fully saturated rings. The minimum absolute atomic E-state index is 0.341. The van der Waals surface area contributed by atoms with Crippen LogP contribution in [0.25, 0.3) is 0 Å². The Hall–Kier alpha value is -1.47. The van der Waals surface area contributed by atoms with E-state index in [1.165, 1.54) is 25.6 Å². The van der Waals surface area contributed by atoms with Crippen LogP contribution in [0, 0.1) is 0 Å². The molecule has 0 saturated heterocycles. The molecule has 2 amide bonds. The summed E-state index contributed by atoms with van der Waals surface area (Å²) in [4.78, 5) is 31.7. The van der Waals surface area contributed by atoms with Crippen LogP contribution in [0.2, 0.25) is 0 Å². The van der Waals surface area contributed by atoms with E-state index in [4.69, 9.17) is 12.2 Å². The molecule has 23 heavy (non-hydrogen) atoms. The number of hydrogen-bond acceptors (Lipinski definition) is 5. The summed E-state index contributed by atoms with van der Waals surface area (Å²) in [5.74, 6) is -0.376. The van der Waals surface area contributed by atoms with Gasteiger partial charge in [-0.2, -0.15) is 0 Å². The van der Waals surface area contributed by atoms with Crippen molar-refractivity contribution in [1.29, 1.82) is 0 Å². The molecule has 0 aromatic carbocycles. The van der Waals surface area contributed by atoms with Crippen LogP contribution in [-0.2, 0) is 9.59 Å². The van der Waals surface area contributed by atoms with Gasteiger partial charge in [0.05, 0.1) is 4.90 Å². The Morgan fingerprint density at radius 3 is 2.22 bits per heavy atom. The fourth-order valence-corrected chi connectivity index (χ4v) is 3.48. The summed E-state index contributed by atoms with van der Waals surface area (Å²) in [7, 11) is 0. The molecule has 0 aliphatic carbocycles. The van der Waals surface area contributed by atoms with Gasteiger partial charge in [-0.25, -0.2) is 9.88 Å². The van der Waals surface area contributed by atoms with Gasteiger partial charge in [-0.15, -0.1) is 0 Å². The molecule has 5 nitrogen and oxygen atoms in total. The van der Waals surface area contributed by atoms with Gasteiger partial charge in [0.25, 0.3) is 0 Å². The van der Waals surface area contributed by atoms with E-state index in [2.05, 4.69) is 23.7 Å². The number of thioether (sulfide) groups is 1. The van der Waals surface area contributed by atoms with Crippen molar-refractivity contribution < 1.29 is 9.59 Å². The summed E-state index contributed by atoms with van der Waals surface area (Å²) >= 11 is 6.91. The van der Waals surface area contributed by atoms with Gasteiger partial charge in [0.15, 0.2) is 5.82 Å². The highest BCUT2D eigenvalue weighted by Crippen LogP contribution is 2.30. The van der Waals surface area contributed by atoms with Crippen LogP contribution in [0.1, 0.15) is 40.5 Å². The van der Waals surface area contributed by atoms with E-state index in [1.54, 1.807) is 12.3 Å². The quantitative estimate of drug-likeness (QED) is 0.576. The van der Waals surface area contributed by atoms with E-state index in [9.17, 15) is 9.59 Å². The average molecular weight is 354 g/mol. The van der Waals surface area contributed by atoms with Crippen molar-refractivity contribution >= 4 is 45.9 Å². The largest absolute Gasteiger partial charge is 0.357 e. The van der Waals surface area contributed by atoms with Gasteiger partial charge in [-0.1, -0.05) is 37.8 Å². The van der Waals surface area contributed by atoms with Gasteiger partial charge in [0.1, 0.15) is 4.32 Å². The first kappa shape index (κ1) is 19.6. The molecule has 0 atom stereocenters. The van der Waals surface area contributed by atoms with Crippen molar-refractivity contribution in [3.8, 4) is 0 Å². The first-order valence-electron chi connectivity index (χ1n) is 7.65. The zero-order valence-corrected chi connectivity index (χ0v) is 15.7. The van der Waals surface area contributed by atoms with Crippen LogP contribution in [-0.4, -0.2) is 39.1 Å². The fraction of sp³-hybridized carbons (Fsp3) is 0.500. The smallest absolute Gasteiger partial charge is 0.231 e. The van der Waals surface area contributed by atoms with Crippen LogP contribution in [0.15, 0.2) is 23.2 Å². The Balaban J connectivity index is 3.07. The zero-order valence-electron chi connectivity index (χ0n) is 14.0. The molecule has 0 unspecified atom stereocenters. The number of rotatable bonds is 6. The number of imide groups is 1. The lowest BCUT2D eigenvalue weighted by molar-refractivity contribution is -0.124. The van der Waals surface area contributed by atoms with Gasteiger partial charge < -0.3 is 4.90 Å². The summed E-state index contributed by atoms with van der Waals surface area (Å²) in [5.41, 5.74) is 0. The van der Waals surface area contributed by atoms with Crippen LogP contribution in [0.5, 0.6) is 0 Å². The van der Waals surface area contributed by atoms with E-state index in [-0.39, 0.29) is 11.8 Å². The molecule has 1 rings (SSSR count). The SMILES string of the molecule is CCCN(CCC)C(=S)Sc1cccnc1N(C(C)=O)C(C)=O. The Kier molecular flexibility index (Phi) is 8.19. The second-order valence-corrected chi connectivity index (χ2v) is 6.73. The lowest BCUT2D eigenvalue weighted by Crippen LogP contribution is -2.34. The maximum Gasteiger partial charge on any atom is 0.231 e. The minimum Gasteiger partial charge on any atom is -0.357 e. The molecule has 0 aliphatic heterocycles. The highest BCUT2D eigenvalue weighted by Gasteiger charge is 2.22. The number of anilines is 1. The van der Waals surface area contributed by atoms with Gasteiger partial charge in [-0.05, 0) is 25.0 Å². The molecule has 1 heterocycles.